The van der Waals surface area contributed by atoms with Gasteiger partial charge in [0.1, 0.15) is 24.5 Å². The number of hydrogen-bond donors (Lipinski definition) is 1. The van der Waals surface area contributed by atoms with E-state index in [2.05, 4.69) is 19.6 Å². The lowest BCUT2D eigenvalue weighted by Crippen LogP contribution is -2.22. The largest absolute Gasteiger partial charge is 0.481 e. The van der Waals surface area contributed by atoms with Crippen molar-refractivity contribution < 1.29 is 9.90 Å². The van der Waals surface area contributed by atoms with Gasteiger partial charge in [0.15, 0.2) is 0 Å². The van der Waals surface area contributed by atoms with Gasteiger partial charge < -0.3 is 9.67 Å². The first-order valence-corrected chi connectivity index (χ1v) is 6.69. The van der Waals surface area contributed by atoms with E-state index in [0.717, 1.165) is 23.6 Å². The molecular formula is C13H17N5O2. The molecule has 0 aromatic carbocycles. The second-order valence-corrected chi connectivity index (χ2v) is 5.25. The van der Waals surface area contributed by atoms with Crippen LogP contribution in [0.25, 0.3) is 0 Å². The number of carbonyl (C=O) groups is 1. The van der Waals surface area contributed by atoms with E-state index in [9.17, 15) is 4.79 Å². The van der Waals surface area contributed by atoms with E-state index in [1.165, 1.54) is 6.33 Å². The van der Waals surface area contributed by atoms with Gasteiger partial charge >= 0.3 is 5.97 Å². The Kier molecular flexibility index (Phi) is 3.04. The van der Waals surface area contributed by atoms with Gasteiger partial charge in [0, 0.05) is 19.2 Å². The van der Waals surface area contributed by atoms with Crippen molar-refractivity contribution >= 4 is 5.97 Å². The van der Waals surface area contributed by atoms with Crippen LogP contribution in [-0.4, -0.2) is 35.4 Å². The zero-order valence-electron chi connectivity index (χ0n) is 11.5. The van der Waals surface area contributed by atoms with Gasteiger partial charge in [-0.15, -0.1) is 0 Å². The summed E-state index contributed by atoms with van der Waals surface area (Å²) in [5.41, 5.74) is 2.05. The van der Waals surface area contributed by atoms with Crippen molar-refractivity contribution in [2.75, 3.05) is 0 Å². The van der Waals surface area contributed by atoms with Crippen LogP contribution in [0.2, 0.25) is 0 Å². The summed E-state index contributed by atoms with van der Waals surface area (Å²) in [6, 6.07) is -0.0172. The molecule has 1 N–H and O–H groups in total. The molecule has 0 saturated carbocycles. The summed E-state index contributed by atoms with van der Waals surface area (Å²) >= 11 is 0. The number of imidazole rings is 1. The molecule has 3 rings (SSSR count). The number of aromatic nitrogens is 5. The third kappa shape index (κ3) is 1.99. The minimum absolute atomic E-state index is 0.0172. The first-order valence-electron chi connectivity index (χ1n) is 6.69. The maximum atomic E-state index is 11.1. The Morgan fingerprint density at radius 3 is 3.00 bits per heavy atom. The number of carboxylic acid groups (broad SMARTS) is 1. The van der Waals surface area contributed by atoms with Crippen LogP contribution in [0.3, 0.4) is 0 Å². The van der Waals surface area contributed by atoms with Crippen LogP contribution in [0.5, 0.6) is 0 Å². The predicted molar refractivity (Wildman–Crippen MR) is 70.2 cm³/mol. The van der Waals surface area contributed by atoms with Gasteiger partial charge in [0.25, 0.3) is 0 Å². The molecule has 0 radical (unpaired) electrons. The molecule has 0 saturated heterocycles. The molecule has 0 spiro atoms. The van der Waals surface area contributed by atoms with E-state index in [4.69, 9.17) is 5.11 Å². The molecule has 2 unspecified atom stereocenters. The van der Waals surface area contributed by atoms with E-state index in [1.54, 1.807) is 11.0 Å². The zero-order chi connectivity index (χ0) is 14.3. The molecule has 2 heterocycles. The standard InChI is InChI=1S/C13H17N5O2/c1-8(18-7-14-6-15-18)12-16-10-5-9(13(19)20)3-4-11(10)17(12)2/h6-9H,3-5H2,1-2H3,(H,19,20). The van der Waals surface area contributed by atoms with E-state index in [0.29, 0.717) is 12.8 Å². The van der Waals surface area contributed by atoms with E-state index < -0.39 is 5.97 Å². The summed E-state index contributed by atoms with van der Waals surface area (Å²) in [5.74, 6) is -0.148. The number of hydrogen-bond acceptors (Lipinski definition) is 4. The van der Waals surface area contributed by atoms with Gasteiger partial charge in [0.05, 0.1) is 11.6 Å². The second kappa shape index (κ2) is 4.73. The first kappa shape index (κ1) is 12.8. The fourth-order valence-electron chi connectivity index (χ4n) is 2.85. The fraction of sp³-hybridized carbons (Fsp3) is 0.538. The van der Waals surface area contributed by atoms with Crippen molar-refractivity contribution in [3.8, 4) is 0 Å². The quantitative estimate of drug-likeness (QED) is 0.896. The highest BCUT2D eigenvalue weighted by Gasteiger charge is 2.29. The SMILES string of the molecule is CC(c1nc2c(n1C)CCC(C(=O)O)C2)n1cncn1. The molecule has 20 heavy (non-hydrogen) atoms. The highest BCUT2D eigenvalue weighted by atomic mass is 16.4. The van der Waals surface area contributed by atoms with Crippen LogP contribution in [-0.2, 0) is 24.7 Å². The molecule has 7 heteroatoms. The Bertz CT molecular complexity index is 631. The maximum Gasteiger partial charge on any atom is 0.306 e. The third-order valence-electron chi connectivity index (χ3n) is 4.06. The third-order valence-corrected chi connectivity index (χ3v) is 4.06. The number of carboxylic acids is 1. The van der Waals surface area contributed by atoms with Gasteiger partial charge in [0.2, 0.25) is 0 Å². The van der Waals surface area contributed by atoms with E-state index >= 15 is 0 Å². The lowest BCUT2D eigenvalue weighted by Gasteiger charge is -2.18. The van der Waals surface area contributed by atoms with Crippen LogP contribution >= 0.6 is 0 Å². The predicted octanol–water partition coefficient (Wildman–Crippen LogP) is 0.810. The minimum Gasteiger partial charge on any atom is -0.481 e. The minimum atomic E-state index is -0.729. The van der Waals surface area contributed by atoms with E-state index in [-0.39, 0.29) is 12.0 Å². The van der Waals surface area contributed by atoms with Gasteiger partial charge in [-0.1, -0.05) is 0 Å². The number of aliphatic carboxylic acids is 1. The molecule has 2 aromatic rings. The number of rotatable bonds is 3. The van der Waals surface area contributed by atoms with Crippen LogP contribution in [0.1, 0.15) is 36.6 Å². The molecule has 106 valence electrons. The number of nitrogens with zero attached hydrogens (tertiary/aromatic N) is 5. The molecule has 2 aromatic heterocycles. The molecule has 0 fully saturated rings. The Balaban J connectivity index is 1.94. The Morgan fingerprint density at radius 2 is 2.35 bits per heavy atom. The van der Waals surface area contributed by atoms with Crippen LogP contribution in [0, 0.1) is 5.92 Å². The molecular weight excluding hydrogens is 258 g/mol. The van der Waals surface area contributed by atoms with Crippen LogP contribution in [0.15, 0.2) is 12.7 Å². The molecule has 2 atom stereocenters. The molecule has 1 aliphatic rings. The summed E-state index contributed by atoms with van der Waals surface area (Å²) in [4.78, 5) is 19.7. The van der Waals surface area contributed by atoms with Crippen molar-refractivity contribution in [3.05, 3.63) is 29.9 Å². The Hall–Kier alpha value is -2.18. The zero-order valence-corrected chi connectivity index (χ0v) is 11.5. The lowest BCUT2D eigenvalue weighted by molar-refractivity contribution is -0.142. The summed E-state index contributed by atoms with van der Waals surface area (Å²) in [6.07, 6.45) is 5.12. The molecule has 7 nitrogen and oxygen atoms in total. The molecule has 1 aliphatic carbocycles. The summed E-state index contributed by atoms with van der Waals surface area (Å²) in [7, 11) is 1.98. The van der Waals surface area contributed by atoms with Crippen molar-refractivity contribution in [1.29, 1.82) is 0 Å². The van der Waals surface area contributed by atoms with Crippen molar-refractivity contribution in [2.24, 2.45) is 13.0 Å². The Labute approximate surface area is 116 Å². The van der Waals surface area contributed by atoms with Gasteiger partial charge in [-0.2, -0.15) is 5.10 Å². The van der Waals surface area contributed by atoms with Crippen molar-refractivity contribution in [2.45, 2.75) is 32.2 Å². The summed E-state index contributed by atoms with van der Waals surface area (Å²) in [5, 5.41) is 13.3. The lowest BCUT2D eigenvalue weighted by atomic mass is 9.90. The van der Waals surface area contributed by atoms with Crippen molar-refractivity contribution in [1.82, 2.24) is 24.3 Å². The highest BCUT2D eigenvalue weighted by Crippen LogP contribution is 2.28. The van der Waals surface area contributed by atoms with Crippen LogP contribution < -0.4 is 0 Å². The first-order chi connectivity index (χ1) is 9.58. The fourth-order valence-corrected chi connectivity index (χ4v) is 2.85. The molecule has 0 aliphatic heterocycles. The van der Waals surface area contributed by atoms with Gasteiger partial charge in [-0.25, -0.2) is 14.6 Å². The van der Waals surface area contributed by atoms with E-state index in [1.807, 2.05) is 14.0 Å². The number of fused-ring (bicyclic) bond motifs is 1. The monoisotopic (exact) mass is 275 g/mol. The molecule has 0 bridgehead atoms. The average molecular weight is 275 g/mol. The maximum absolute atomic E-state index is 11.1. The summed E-state index contributed by atoms with van der Waals surface area (Å²) in [6.45, 7) is 2.01. The highest BCUT2D eigenvalue weighted by molar-refractivity contribution is 5.70. The average Bonchev–Trinajstić information content (AvgIpc) is 3.06. The van der Waals surface area contributed by atoms with Gasteiger partial charge in [-0.05, 0) is 19.8 Å². The van der Waals surface area contributed by atoms with Crippen molar-refractivity contribution in [3.63, 3.8) is 0 Å². The molecule has 0 amide bonds. The van der Waals surface area contributed by atoms with Gasteiger partial charge in [-0.3, -0.25) is 4.79 Å². The second-order valence-electron chi connectivity index (χ2n) is 5.25. The normalized spacial score (nSPS) is 19.6. The Morgan fingerprint density at radius 1 is 1.55 bits per heavy atom. The van der Waals surface area contributed by atoms with Crippen LogP contribution in [0.4, 0.5) is 0 Å². The summed E-state index contributed by atoms with van der Waals surface area (Å²) < 4.78 is 3.82. The topological polar surface area (TPSA) is 85.8 Å². The smallest absolute Gasteiger partial charge is 0.306 e.